The first-order valence-electron chi connectivity index (χ1n) is 16.6. The van der Waals surface area contributed by atoms with Crippen LogP contribution in [0.5, 0.6) is 0 Å². The first-order valence-corrected chi connectivity index (χ1v) is 18.5. The van der Waals surface area contributed by atoms with Gasteiger partial charge in [-0.25, -0.2) is 0 Å². The van der Waals surface area contributed by atoms with Crippen molar-refractivity contribution in [2.75, 3.05) is 6.16 Å². The summed E-state index contributed by atoms with van der Waals surface area (Å²) in [6.07, 6.45) is 10.3. The summed E-state index contributed by atoms with van der Waals surface area (Å²) < 4.78 is 13.9. The van der Waals surface area contributed by atoms with E-state index in [1.165, 1.54) is 19.3 Å². The average molecular weight is 1240 g/mol. The summed E-state index contributed by atoms with van der Waals surface area (Å²) in [5.41, 5.74) is 1.67. The van der Waals surface area contributed by atoms with Gasteiger partial charge in [-0.3, -0.25) is 4.79 Å². The Bertz CT molecular complexity index is 1290. The number of fused-ring (bicyclic) bond motifs is 1. The molecule has 0 spiro atoms. The quantitative estimate of drug-likeness (QED) is 0.187. The Morgan fingerprint density at radius 2 is 1.33 bits per heavy atom. The number of carbonyl (C=O) groups is 1. The summed E-state index contributed by atoms with van der Waals surface area (Å²) in [5, 5.41) is 31.0. The molecule has 7 atom stereocenters. The summed E-state index contributed by atoms with van der Waals surface area (Å²) in [4.78, 5) is 12.1. The van der Waals surface area contributed by atoms with E-state index in [4.69, 9.17) is 0 Å². The van der Waals surface area contributed by atoms with Crippen LogP contribution in [0, 0.1) is 23.2 Å². The van der Waals surface area contributed by atoms with Crippen molar-refractivity contribution < 1.29 is 254 Å². The number of allylic oxidation sites excluding steroid dienone is 1. The molecule has 3 saturated carbocycles. The van der Waals surface area contributed by atoms with Crippen molar-refractivity contribution in [1.82, 2.24) is 0 Å². The summed E-state index contributed by atoms with van der Waals surface area (Å²) >= 11 is 0. The molecule has 2 aromatic carbocycles. The monoisotopic (exact) mass is 1240 g/mol. The molecule has 3 aliphatic rings. The third-order valence-corrected chi connectivity index (χ3v) is 13.6. The van der Waals surface area contributed by atoms with Gasteiger partial charge in [0.1, 0.15) is 12.9 Å². The number of carbonyl (C=O) groups excluding carboxylic acids is 1. The minimum absolute atomic E-state index is 0. The van der Waals surface area contributed by atoms with Gasteiger partial charge in [-0.2, -0.15) is 0 Å². The van der Waals surface area contributed by atoms with Crippen LogP contribution in [0.25, 0.3) is 0 Å². The number of aliphatic hydroxyl groups excluding tert-OH is 3. The molecule has 261 valence electrons. The zero-order valence-corrected chi connectivity index (χ0v) is 51.7. The van der Waals surface area contributed by atoms with Gasteiger partial charge in [-0.05, 0) is 74.7 Å². The van der Waals surface area contributed by atoms with E-state index in [1.807, 2.05) is 73.7 Å². The van der Waals surface area contributed by atoms with Crippen LogP contribution in [-0.2, 0) is 238 Å². The first kappa shape index (κ1) is 63.1. The van der Waals surface area contributed by atoms with Crippen LogP contribution < -0.4 is 10.6 Å². The number of ketones is 1. The number of aliphatic hydroxyl groups is 3. The Kier molecular flexibility index (Phi) is 38.7. The molecule has 5 nitrogen and oxygen atoms in total. The molecule has 0 aliphatic heterocycles. The van der Waals surface area contributed by atoms with E-state index in [0.29, 0.717) is 42.2 Å². The molecular weight excluding hydrogens is 1190 g/mol. The third-order valence-electron chi connectivity index (χ3n) is 10.7. The largest absolute Gasteiger partial charge is 0.393 e. The number of Topliss-reactive ketones (excluding diaryl/α,β-unsaturated/α-hetero) is 1. The number of hydrogen-bond donors (Lipinski definition) is 3. The number of benzene rings is 2. The van der Waals surface area contributed by atoms with Crippen molar-refractivity contribution in [1.29, 1.82) is 0 Å². The molecule has 3 N–H and O–H groups in total. The van der Waals surface area contributed by atoms with Gasteiger partial charge in [0.05, 0.1) is 18.3 Å². The van der Waals surface area contributed by atoms with Crippen LogP contribution in [0.2, 0.25) is 0 Å². The van der Waals surface area contributed by atoms with Gasteiger partial charge >= 0.3 is 0 Å². The van der Waals surface area contributed by atoms with Crippen molar-refractivity contribution in [3.8, 4) is 0 Å². The molecule has 3 fully saturated rings. The van der Waals surface area contributed by atoms with E-state index in [-0.39, 0.29) is 240 Å². The molecule has 0 bridgehead atoms. The second-order valence-corrected chi connectivity index (χ2v) is 16.7. The van der Waals surface area contributed by atoms with Crippen LogP contribution in [0.1, 0.15) is 85.0 Å². The minimum Gasteiger partial charge on any atom is -0.393 e. The minimum atomic E-state index is -2.81. The molecular formula is C38H53O5PY7. The van der Waals surface area contributed by atoms with Gasteiger partial charge < -0.3 is 19.9 Å². The predicted molar refractivity (Wildman–Crippen MR) is 181 cm³/mol. The molecule has 0 amide bonds. The van der Waals surface area contributed by atoms with Gasteiger partial charge in [0, 0.05) is 258 Å². The maximum atomic E-state index is 13.9. The van der Waals surface area contributed by atoms with Gasteiger partial charge in [-0.15, -0.1) is 0 Å². The Morgan fingerprint density at radius 3 is 1.80 bits per heavy atom. The molecule has 1 unspecified atom stereocenters. The van der Waals surface area contributed by atoms with Gasteiger partial charge in [0.2, 0.25) is 0 Å². The molecule has 0 heterocycles. The second kappa shape index (κ2) is 31.3. The Morgan fingerprint density at radius 1 is 0.843 bits per heavy atom. The van der Waals surface area contributed by atoms with Crippen molar-refractivity contribution >= 4 is 23.5 Å². The summed E-state index contributed by atoms with van der Waals surface area (Å²) in [5.74, 6) is 2.30. The van der Waals surface area contributed by atoms with E-state index in [9.17, 15) is 24.7 Å². The zero-order chi connectivity index (χ0) is 31.9. The SMILES string of the molecule is C=C1[C@H](O)CC(=CCP(=O)(c2ccccc2)c2ccccc2)C[C@H]1O.C[C@H](O)CCC[C@@H](C)C1CC[C@H]2C(=O)CCC[C@]12C.[Y].[Y].[Y].[Y].[Y].[Y].[Y]. The molecule has 3 aliphatic carbocycles. The third kappa shape index (κ3) is 18.1. The standard InChI is InChI=1S/C21H23O3P.C17H30O2.7Y/c1-16-20(22)14-17(15-21(16)23)12-13-25(24,18-8-4-2-5-9-18)19-10-6-3-7-11-19;1-12(6-4-7-13(2)18)14-9-10-15-16(19)8-5-11-17(14,15)3;;;;;;;/h2-12,20-23H,1,13-15H2;12-15,18H,4-11H2,1-3H3;;;;;;;/t20-,21-;12-,13+,14?,15+,17-;;;;;;;/m11......./s1. The van der Waals surface area contributed by atoms with Gasteiger partial charge in [0.25, 0.3) is 0 Å². The van der Waals surface area contributed by atoms with Crippen LogP contribution in [0.4, 0.5) is 0 Å². The average Bonchev–Trinajstić information content (AvgIpc) is 3.38. The molecule has 13 heteroatoms. The Balaban J connectivity index is -0.000000391. The van der Waals surface area contributed by atoms with Crippen molar-refractivity contribution in [2.45, 2.75) is 103 Å². The van der Waals surface area contributed by atoms with Gasteiger partial charge in [0.15, 0.2) is 0 Å². The predicted octanol–water partition coefficient (Wildman–Crippen LogP) is 6.94. The Hall–Kier alpha value is 5.43. The number of hydrogen-bond acceptors (Lipinski definition) is 5. The number of rotatable bonds is 9. The van der Waals surface area contributed by atoms with Crippen molar-refractivity contribution in [2.24, 2.45) is 23.2 Å². The van der Waals surface area contributed by atoms with Crippen LogP contribution in [0.15, 0.2) is 84.5 Å². The summed E-state index contributed by atoms with van der Waals surface area (Å²) in [6, 6.07) is 19.0. The van der Waals surface area contributed by atoms with Gasteiger partial charge in [-0.1, -0.05) is 106 Å². The maximum absolute atomic E-state index is 13.9. The molecule has 0 aromatic heterocycles. The van der Waals surface area contributed by atoms with Crippen molar-refractivity contribution in [3.63, 3.8) is 0 Å². The zero-order valence-electron chi connectivity index (χ0n) is 30.9. The topological polar surface area (TPSA) is 94.8 Å². The van der Waals surface area contributed by atoms with E-state index in [1.54, 1.807) is 0 Å². The smallest absolute Gasteiger partial charge is 0.146 e. The summed E-state index contributed by atoms with van der Waals surface area (Å²) in [7, 11) is -2.81. The molecule has 5 rings (SSSR count). The maximum Gasteiger partial charge on any atom is 0.146 e. The first-order chi connectivity index (χ1) is 21.0. The normalized spacial score (nSPS) is 24.5. The fourth-order valence-corrected chi connectivity index (χ4v) is 10.6. The molecule has 51 heavy (non-hydrogen) atoms. The van der Waals surface area contributed by atoms with Crippen molar-refractivity contribution in [3.05, 3.63) is 84.5 Å². The van der Waals surface area contributed by atoms with E-state index >= 15 is 0 Å². The van der Waals surface area contributed by atoms with E-state index in [0.717, 1.165) is 54.2 Å². The van der Waals surface area contributed by atoms with Crippen LogP contribution in [0.3, 0.4) is 0 Å². The molecule has 2 aromatic rings. The summed E-state index contributed by atoms with van der Waals surface area (Å²) in [6.45, 7) is 10.3. The second-order valence-electron chi connectivity index (χ2n) is 13.8. The molecule has 0 saturated heterocycles. The van der Waals surface area contributed by atoms with E-state index in [2.05, 4.69) is 20.4 Å². The Labute approximate surface area is 484 Å². The van der Waals surface area contributed by atoms with E-state index < -0.39 is 19.3 Å². The van der Waals surface area contributed by atoms with Crippen LogP contribution >= 0.6 is 7.14 Å². The fraction of sp³-hybridized carbons (Fsp3) is 0.553. The molecule has 7 radical (unpaired) electrons. The fourth-order valence-electron chi connectivity index (χ4n) is 8.03. The van der Waals surface area contributed by atoms with Crippen LogP contribution in [-0.4, -0.2) is 45.6 Å².